The standard InChI is InChI=1S/C17H21NO3S/c1-13(2)18(15-11-9-14(3)10-12-15)22(19,20)17-8-6-5-7-16(17)21-4/h5-13H,1-4H3. The number of sulfonamides is 1. The normalized spacial score (nSPS) is 11.5. The summed E-state index contributed by atoms with van der Waals surface area (Å²) in [6, 6.07) is 13.9. The largest absolute Gasteiger partial charge is 0.495 e. The predicted molar refractivity (Wildman–Crippen MR) is 89.0 cm³/mol. The Kier molecular flexibility index (Phi) is 4.76. The van der Waals surface area contributed by atoms with Gasteiger partial charge in [0.1, 0.15) is 10.6 Å². The number of hydrogen-bond acceptors (Lipinski definition) is 3. The van der Waals surface area contributed by atoms with Crippen LogP contribution in [0.5, 0.6) is 5.75 Å². The second kappa shape index (κ2) is 6.40. The summed E-state index contributed by atoms with van der Waals surface area (Å²) in [7, 11) is -2.23. The molecule has 0 bridgehead atoms. The Morgan fingerprint density at radius 3 is 2.14 bits per heavy atom. The first-order valence-corrected chi connectivity index (χ1v) is 8.56. The molecule has 0 heterocycles. The van der Waals surface area contributed by atoms with Crippen molar-refractivity contribution in [2.24, 2.45) is 0 Å². The monoisotopic (exact) mass is 319 g/mol. The number of methoxy groups -OCH3 is 1. The fourth-order valence-electron chi connectivity index (χ4n) is 2.34. The van der Waals surface area contributed by atoms with Gasteiger partial charge in [-0.3, -0.25) is 4.31 Å². The summed E-state index contributed by atoms with van der Waals surface area (Å²) in [5.74, 6) is 0.347. The van der Waals surface area contributed by atoms with E-state index in [4.69, 9.17) is 4.74 Å². The van der Waals surface area contributed by atoms with Gasteiger partial charge in [0.15, 0.2) is 0 Å². The summed E-state index contributed by atoms with van der Waals surface area (Å²) in [6.07, 6.45) is 0. The predicted octanol–water partition coefficient (Wildman–Crippen LogP) is 3.61. The SMILES string of the molecule is COc1ccccc1S(=O)(=O)N(c1ccc(C)cc1)C(C)C. The fourth-order valence-corrected chi connectivity index (χ4v) is 4.17. The van der Waals surface area contributed by atoms with E-state index in [1.165, 1.54) is 11.4 Å². The van der Waals surface area contributed by atoms with E-state index >= 15 is 0 Å². The van der Waals surface area contributed by atoms with Crippen LogP contribution in [0.15, 0.2) is 53.4 Å². The molecule has 0 saturated carbocycles. The molecule has 2 aromatic rings. The zero-order chi connectivity index (χ0) is 16.3. The van der Waals surface area contributed by atoms with E-state index in [9.17, 15) is 8.42 Å². The number of aryl methyl sites for hydroxylation is 1. The molecular weight excluding hydrogens is 298 g/mol. The van der Waals surface area contributed by atoms with Crippen molar-refractivity contribution in [3.05, 3.63) is 54.1 Å². The van der Waals surface area contributed by atoms with Gasteiger partial charge in [-0.2, -0.15) is 0 Å². The molecule has 0 aliphatic heterocycles. The van der Waals surface area contributed by atoms with Crippen molar-refractivity contribution in [2.75, 3.05) is 11.4 Å². The number of anilines is 1. The molecule has 118 valence electrons. The molecule has 2 aromatic carbocycles. The van der Waals surface area contributed by atoms with Crippen molar-refractivity contribution in [3.8, 4) is 5.75 Å². The molecule has 0 aromatic heterocycles. The van der Waals surface area contributed by atoms with E-state index < -0.39 is 10.0 Å². The lowest BCUT2D eigenvalue weighted by Gasteiger charge is -2.29. The van der Waals surface area contributed by atoms with Gasteiger partial charge in [-0.25, -0.2) is 8.42 Å². The first-order chi connectivity index (χ1) is 10.4. The quantitative estimate of drug-likeness (QED) is 0.846. The zero-order valence-electron chi connectivity index (χ0n) is 13.3. The van der Waals surface area contributed by atoms with Crippen molar-refractivity contribution in [2.45, 2.75) is 31.7 Å². The van der Waals surface area contributed by atoms with Crippen LogP contribution >= 0.6 is 0 Å². The highest BCUT2D eigenvalue weighted by Gasteiger charge is 2.29. The van der Waals surface area contributed by atoms with Crippen LogP contribution in [0.4, 0.5) is 5.69 Å². The highest BCUT2D eigenvalue weighted by molar-refractivity contribution is 7.93. The molecule has 0 amide bonds. The van der Waals surface area contributed by atoms with Crippen molar-refractivity contribution < 1.29 is 13.2 Å². The molecule has 0 N–H and O–H groups in total. The molecule has 4 nitrogen and oxygen atoms in total. The Labute approximate surface area is 132 Å². The van der Waals surface area contributed by atoms with Gasteiger partial charge in [0, 0.05) is 6.04 Å². The van der Waals surface area contributed by atoms with E-state index in [0.29, 0.717) is 11.4 Å². The molecule has 0 atom stereocenters. The number of hydrogen-bond donors (Lipinski definition) is 0. The lowest BCUT2D eigenvalue weighted by atomic mass is 10.2. The molecule has 0 unspecified atom stereocenters. The number of benzene rings is 2. The van der Waals surface area contributed by atoms with Gasteiger partial charge in [0.25, 0.3) is 10.0 Å². The molecule has 0 saturated heterocycles. The maximum atomic E-state index is 13.1. The minimum Gasteiger partial charge on any atom is -0.495 e. The third-order valence-electron chi connectivity index (χ3n) is 3.36. The van der Waals surface area contributed by atoms with Crippen LogP contribution in [0.1, 0.15) is 19.4 Å². The molecule has 5 heteroatoms. The minimum atomic E-state index is -3.70. The average Bonchev–Trinajstić information content (AvgIpc) is 2.49. The van der Waals surface area contributed by atoms with Crippen LogP contribution in [0.25, 0.3) is 0 Å². The second-order valence-corrected chi connectivity index (χ2v) is 7.16. The Morgan fingerprint density at radius 1 is 1.00 bits per heavy atom. The molecule has 0 fully saturated rings. The van der Waals surface area contributed by atoms with Gasteiger partial charge in [-0.15, -0.1) is 0 Å². The van der Waals surface area contributed by atoms with E-state index in [2.05, 4.69) is 0 Å². The van der Waals surface area contributed by atoms with Crippen molar-refractivity contribution in [1.82, 2.24) is 0 Å². The molecule has 0 radical (unpaired) electrons. The highest BCUT2D eigenvalue weighted by atomic mass is 32.2. The van der Waals surface area contributed by atoms with E-state index in [1.807, 2.05) is 45.0 Å². The number of nitrogens with zero attached hydrogens (tertiary/aromatic N) is 1. The van der Waals surface area contributed by atoms with Crippen LogP contribution in [0.2, 0.25) is 0 Å². The van der Waals surface area contributed by atoms with Gasteiger partial charge in [0.05, 0.1) is 12.8 Å². The van der Waals surface area contributed by atoms with Crippen LogP contribution < -0.4 is 9.04 Å². The third kappa shape index (κ3) is 3.09. The number of rotatable bonds is 5. The van der Waals surface area contributed by atoms with Gasteiger partial charge < -0.3 is 4.74 Å². The highest BCUT2D eigenvalue weighted by Crippen LogP contribution is 2.31. The van der Waals surface area contributed by atoms with E-state index in [0.717, 1.165) is 5.56 Å². The fraction of sp³-hybridized carbons (Fsp3) is 0.294. The Morgan fingerprint density at radius 2 is 1.59 bits per heavy atom. The smallest absolute Gasteiger partial charge is 0.268 e. The molecule has 22 heavy (non-hydrogen) atoms. The van der Waals surface area contributed by atoms with Gasteiger partial charge in [-0.1, -0.05) is 29.8 Å². The minimum absolute atomic E-state index is 0.173. The summed E-state index contributed by atoms with van der Waals surface area (Å²) in [5, 5.41) is 0. The number of para-hydroxylation sites is 1. The van der Waals surface area contributed by atoms with Gasteiger partial charge >= 0.3 is 0 Å². The van der Waals surface area contributed by atoms with E-state index in [1.54, 1.807) is 24.3 Å². The first-order valence-electron chi connectivity index (χ1n) is 7.12. The Hall–Kier alpha value is -2.01. The lowest BCUT2D eigenvalue weighted by molar-refractivity contribution is 0.402. The summed E-state index contributed by atoms with van der Waals surface area (Å²) < 4.78 is 32.8. The average molecular weight is 319 g/mol. The molecule has 2 rings (SSSR count). The lowest BCUT2D eigenvalue weighted by Crippen LogP contribution is -2.37. The van der Waals surface area contributed by atoms with Crippen molar-refractivity contribution in [3.63, 3.8) is 0 Å². The van der Waals surface area contributed by atoms with E-state index in [-0.39, 0.29) is 10.9 Å². The second-order valence-electron chi connectivity index (χ2n) is 5.38. The summed E-state index contributed by atoms with van der Waals surface area (Å²) in [4.78, 5) is 0.173. The maximum Gasteiger partial charge on any atom is 0.268 e. The van der Waals surface area contributed by atoms with Gasteiger partial charge in [-0.05, 0) is 45.0 Å². The van der Waals surface area contributed by atoms with Gasteiger partial charge in [0.2, 0.25) is 0 Å². The first kappa shape index (κ1) is 16.4. The van der Waals surface area contributed by atoms with Crippen molar-refractivity contribution >= 4 is 15.7 Å². The Balaban J connectivity index is 2.58. The summed E-state index contributed by atoms with van der Waals surface area (Å²) in [6.45, 7) is 5.68. The van der Waals surface area contributed by atoms with Crippen molar-refractivity contribution in [1.29, 1.82) is 0 Å². The summed E-state index contributed by atoms with van der Waals surface area (Å²) in [5.41, 5.74) is 1.73. The molecule has 0 aliphatic carbocycles. The van der Waals surface area contributed by atoms with Crippen LogP contribution in [0.3, 0.4) is 0 Å². The zero-order valence-corrected chi connectivity index (χ0v) is 14.1. The Bertz CT molecular complexity index is 737. The molecule has 0 spiro atoms. The van der Waals surface area contributed by atoms with Crippen LogP contribution in [0, 0.1) is 6.92 Å². The molecular formula is C17H21NO3S. The molecule has 0 aliphatic rings. The maximum absolute atomic E-state index is 13.1. The topological polar surface area (TPSA) is 46.6 Å². The third-order valence-corrected chi connectivity index (χ3v) is 5.41. The van der Waals surface area contributed by atoms with Crippen LogP contribution in [-0.2, 0) is 10.0 Å². The summed E-state index contributed by atoms with van der Waals surface area (Å²) >= 11 is 0. The van der Waals surface area contributed by atoms with Crippen LogP contribution in [-0.4, -0.2) is 21.6 Å². The number of ether oxygens (including phenoxy) is 1.